The van der Waals surface area contributed by atoms with Gasteiger partial charge >= 0.3 is 0 Å². The number of aryl methyl sites for hydroxylation is 1. The fraction of sp³-hybridized carbons (Fsp3) is 0.500. The van der Waals surface area contributed by atoms with Crippen molar-refractivity contribution in [3.63, 3.8) is 0 Å². The third-order valence-electron chi connectivity index (χ3n) is 5.39. The second kappa shape index (κ2) is 9.69. The van der Waals surface area contributed by atoms with E-state index in [4.69, 9.17) is 0 Å². The van der Waals surface area contributed by atoms with E-state index in [1.807, 2.05) is 25.1 Å². The molecule has 9 heteroatoms. The monoisotopic (exact) mass is 463 g/mol. The van der Waals surface area contributed by atoms with Crippen molar-refractivity contribution in [2.75, 3.05) is 5.32 Å². The molecule has 2 saturated carbocycles. The summed E-state index contributed by atoms with van der Waals surface area (Å²) in [5.41, 5.74) is 1.75. The summed E-state index contributed by atoms with van der Waals surface area (Å²) in [6, 6.07) is 8.18. The molecule has 0 unspecified atom stereocenters. The predicted molar refractivity (Wildman–Crippen MR) is 117 cm³/mol. The van der Waals surface area contributed by atoms with Gasteiger partial charge in [0, 0.05) is 36.4 Å². The number of rotatable bonds is 5. The van der Waals surface area contributed by atoms with Crippen LogP contribution in [0.4, 0.5) is 13.8 Å². The molecular weight excluding hydrogens is 439 g/mol. The third-order valence-corrected chi connectivity index (χ3v) is 6.22. The second-order valence-electron chi connectivity index (χ2n) is 7.57. The largest absolute Gasteiger partial charge is 0.312 e. The summed E-state index contributed by atoms with van der Waals surface area (Å²) < 4.78 is 26.6. The van der Waals surface area contributed by atoms with Gasteiger partial charge in [-0.1, -0.05) is 12.1 Å². The van der Waals surface area contributed by atoms with Crippen molar-refractivity contribution in [3.8, 4) is 0 Å². The average Bonchev–Trinajstić information content (AvgIpc) is 3.29. The number of anilines is 1. The molecule has 4 rings (SSSR count). The van der Waals surface area contributed by atoms with Crippen LogP contribution in [-0.2, 0) is 0 Å². The molecule has 1 aromatic heterocycles. The summed E-state index contributed by atoms with van der Waals surface area (Å²) in [5.74, 6) is -2.27. The lowest BCUT2D eigenvalue weighted by Gasteiger charge is -2.29. The van der Waals surface area contributed by atoms with Crippen LogP contribution in [-0.4, -0.2) is 28.9 Å². The second-order valence-corrected chi connectivity index (χ2v) is 8.80. The number of carbonyl (C=O) groups is 1. The summed E-state index contributed by atoms with van der Waals surface area (Å²) in [7, 11) is 0. The summed E-state index contributed by atoms with van der Waals surface area (Å²) in [5, 5.41) is 8.06. The fourth-order valence-electron chi connectivity index (χ4n) is 3.77. The number of benzene rings is 1. The van der Waals surface area contributed by atoms with Crippen LogP contribution < -0.4 is 10.6 Å². The van der Waals surface area contributed by atoms with Crippen LogP contribution in [0.25, 0.3) is 0 Å². The number of aromatic nitrogens is 1. The van der Waals surface area contributed by atoms with Crippen molar-refractivity contribution in [2.24, 2.45) is 0 Å². The van der Waals surface area contributed by atoms with Crippen molar-refractivity contribution in [2.45, 2.75) is 63.0 Å². The van der Waals surface area contributed by atoms with E-state index in [0.29, 0.717) is 30.4 Å². The molecule has 160 valence electrons. The van der Waals surface area contributed by atoms with E-state index in [0.717, 1.165) is 22.0 Å². The van der Waals surface area contributed by atoms with Gasteiger partial charge in [-0.05, 0) is 43.9 Å². The molecular formula is C20H25Cl2F2N3OS. The van der Waals surface area contributed by atoms with Gasteiger partial charge in [-0.25, -0.2) is 13.8 Å². The minimum Gasteiger partial charge on any atom is -0.312 e. The molecule has 0 saturated heterocycles. The van der Waals surface area contributed by atoms with E-state index < -0.39 is 5.92 Å². The van der Waals surface area contributed by atoms with Crippen LogP contribution in [0.1, 0.15) is 59.0 Å². The van der Waals surface area contributed by atoms with Crippen LogP contribution in [0, 0.1) is 6.92 Å². The van der Waals surface area contributed by atoms with Gasteiger partial charge in [-0.3, -0.25) is 4.79 Å². The highest BCUT2D eigenvalue weighted by Crippen LogP contribution is 2.43. The van der Waals surface area contributed by atoms with Crippen molar-refractivity contribution in [3.05, 3.63) is 46.6 Å². The van der Waals surface area contributed by atoms with Crippen LogP contribution in [0.5, 0.6) is 0 Å². The van der Waals surface area contributed by atoms with E-state index in [-0.39, 0.29) is 49.6 Å². The molecule has 0 radical (unpaired) electrons. The minimum absolute atomic E-state index is 0. The van der Waals surface area contributed by atoms with Crippen molar-refractivity contribution < 1.29 is 13.6 Å². The molecule has 2 aliphatic carbocycles. The zero-order chi connectivity index (χ0) is 19.0. The summed E-state index contributed by atoms with van der Waals surface area (Å²) >= 11 is 1.45. The smallest absolute Gasteiger partial charge is 0.256 e. The van der Waals surface area contributed by atoms with Crippen LogP contribution in [0.2, 0.25) is 0 Å². The Balaban J connectivity index is 0.00000150. The predicted octanol–water partition coefficient (Wildman–Crippen LogP) is 5.57. The molecule has 1 amide bonds. The maximum Gasteiger partial charge on any atom is 0.256 e. The molecule has 0 spiro atoms. The van der Waals surface area contributed by atoms with Gasteiger partial charge in [-0.15, -0.1) is 36.2 Å². The number of carbonyl (C=O) groups excluding carboxylic acids is 1. The summed E-state index contributed by atoms with van der Waals surface area (Å²) in [6.45, 7) is 1.90. The highest BCUT2D eigenvalue weighted by atomic mass is 35.5. The Morgan fingerprint density at radius 2 is 1.97 bits per heavy atom. The lowest BCUT2D eigenvalue weighted by molar-refractivity contribution is -0.0405. The van der Waals surface area contributed by atoms with Crippen LogP contribution in [0.15, 0.2) is 30.5 Å². The molecule has 2 aromatic rings. The molecule has 2 fully saturated rings. The Morgan fingerprint density at radius 1 is 1.24 bits per heavy atom. The number of thiazole rings is 1. The lowest BCUT2D eigenvalue weighted by atomic mass is 9.92. The number of halogens is 4. The fourth-order valence-corrected chi connectivity index (χ4v) is 4.44. The SMILES string of the molecule is Cc1ncc(NC(=O)c2cccc([C@@H]3C[C@H]3NC3CCC(F)(F)CC3)c2)s1.Cl.Cl. The first kappa shape index (κ1) is 24.0. The zero-order valence-electron chi connectivity index (χ0n) is 16.0. The molecule has 0 bridgehead atoms. The van der Waals surface area contributed by atoms with E-state index in [2.05, 4.69) is 15.6 Å². The van der Waals surface area contributed by atoms with E-state index in [9.17, 15) is 13.6 Å². The van der Waals surface area contributed by atoms with Gasteiger partial charge in [0.2, 0.25) is 5.92 Å². The Hall–Kier alpha value is -1.28. The maximum absolute atomic E-state index is 13.3. The molecule has 2 atom stereocenters. The average molecular weight is 464 g/mol. The van der Waals surface area contributed by atoms with Crippen LogP contribution in [0.3, 0.4) is 0 Å². The zero-order valence-corrected chi connectivity index (χ0v) is 18.4. The van der Waals surface area contributed by atoms with Crippen molar-refractivity contribution in [1.29, 1.82) is 0 Å². The number of nitrogens with one attached hydrogen (secondary N) is 2. The topological polar surface area (TPSA) is 54.0 Å². The Bertz CT molecular complexity index is 839. The number of nitrogens with zero attached hydrogens (tertiary/aromatic N) is 1. The first-order chi connectivity index (χ1) is 12.9. The van der Waals surface area contributed by atoms with Crippen LogP contribution >= 0.6 is 36.2 Å². The van der Waals surface area contributed by atoms with E-state index >= 15 is 0 Å². The first-order valence-corrected chi connectivity index (χ1v) is 10.2. The standard InChI is InChI=1S/C20H23F2N3OS.2ClH/c1-12-23-11-18(27-12)25-19(26)14-4-2-3-13(9-14)16-10-17(16)24-15-5-7-20(21,22)8-6-15;;/h2-4,9,11,15-17,24H,5-8,10H2,1H3,(H,25,26);2*1H/t16-,17+;;/m0../s1. The number of hydrogen-bond acceptors (Lipinski definition) is 4. The van der Waals surface area contributed by atoms with E-state index in [1.54, 1.807) is 12.3 Å². The highest BCUT2D eigenvalue weighted by Gasteiger charge is 2.42. The molecule has 1 aromatic carbocycles. The van der Waals surface area contributed by atoms with Gasteiger partial charge in [-0.2, -0.15) is 0 Å². The van der Waals surface area contributed by atoms with Gasteiger partial charge in [0.1, 0.15) is 5.00 Å². The lowest BCUT2D eigenvalue weighted by Crippen LogP contribution is -2.38. The van der Waals surface area contributed by atoms with Crippen molar-refractivity contribution >= 4 is 47.1 Å². The maximum atomic E-state index is 13.3. The molecule has 29 heavy (non-hydrogen) atoms. The molecule has 2 aliphatic rings. The third kappa shape index (κ3) is 6.10. The number of alkyl halides is 2. The van der Waals surface area contributed by atoms with Gasteiger partial charge in [0.05, 0.1) is 11.2 Å². The quantitative estimate of drug-likeness (QED) is 0.608. The molecule has 4 nitrogen and oxygen atoms in total. The Kier molecular flexibility index (Phi) is 8.01. The summed E-state index contributed by atoms with van der Waals surface area (Å²) in [6.07, 6.45) is 3.69. The normalized spacial score (nSPS) is 22.9. The first-order valence-electron chi connectivity index (χ1n) is 9.37. The minimum atomic E-state index is -2.49. The molecule has 2 N–H and O–H groups in total. The van der Waals surface area contributed by atoms with Gasteiger partial charge < -0.3 is 10.6 Å². The summed E-state index contributed by atoms with van der Waals surface area (Å²) in [4.78, 5) is 16.6. The molecule has 1 heterocycles. The van der Waals surface area contributed by atoms with Crippen molar-refractivity contribution in [1.82, 2.24) is 10.3 Å². The Labute approximate surface area is 185 Å². The number of hydrogen-bond donors (Lipinski definition) is 2. The van der Waals surface area contributed by atoms with E-state index in [1.165, 1.54) is 11.3 Å². The number of amides is 1. The Morgan fingerprint density at radius 3 is 2.62 bits per heavy atom. The molecule has 0 aliphatic heterocycles. The highest BCUT2D eigenvalue weighted by molar-refractivity contribution is 7.15. The van der Waals surface area contributed by atoms with Gasteiger partial charge in [0.25, 0.3) is 5.91 Å². The van der Waals surface area contributed by atoms with Gasteiger partial charge in [0.15, 0.2) is 0 Å².